The van der Waals surface area contributed by atoms with E-state index < -0.39 is 0 Å². The van der Waals surface area contributed by atoms with Crippen molar-refractivity contribution >= 4 is 5.69 Å². The van der Waals surface area contributed by atoms with E-state index in [9.17, 15) is 0 Å². The third kappa shape index (κ3) is 2.83. The monoisotopic (exact) mass is 204 g/mol. The molecule has 1 unspecified atom stereocenters. The third-order valence-electron chi connectivity index (χ3n) is 2.50. The summed E-state index contributed by atoms with van der Waals surface area (Å²) in [4.78, 5) is 2.11. The molecule has 0 bridgehead atoms. The smallest absolute Gasteiger partial charge is 0.0529 e. The topological polar surface area (TPSA) is 15.3 Å². The van der Waals surface area contributed by atoms with Gasteiger partial charge in [0.05, 0.1) is 6.04 Å². The molecule has 2 heteroatoms. The van der Waals surface area contributed by atoms with Gasteiger partial charge in [-0.15, -0.1) is 0 Å². The maximum absolute atomic E-state index is 4.00. The molecule has 15 heavy (non-hydrogen) atoms. The minimum Gasteiger partial charge on any atom is -0.378 e. The Labute approximate surface area is 92.6 Å². The lowest BCUT2D eigenvalue weighted by molar-refractivity contribution is 0.680. The highest BCUT2D eigenvalue weighted by Gasteiger charge is 2.09. The molecule has 0 heterocycles. The van der Waals surface area contributed by atoms with Crippen LogP contribution in [0.2, 0.25) is 0 Å². The van der Waals surface area contributed by atoms with E-state index >= 15 is 0 Å². The van der Waals surface area contributed by atoms with E-state index in [1.54, 1.807) is 0 Å². The molecule has 0 amide bonds. The highest BCUT2D eigenvalue weighted by atomic mass is 15.1. The highest BCUT2D eigenvalue weighted by molar-refractivity contribution is 5.48. The molecule has 1 atom stereocenters. The zero-order chi connectivity index (χ0) is 11.4. The second-order valence-electron chi connectivity index (χ2n) is 4.06. The van der Waals surface area contributed by atoms with Crippen LogP contribution in [0, 0.1) is 0 Å². The Morgan fingerprint density at radius 1 is 1.40 bits per heavy atom. The summed E-state index contributed by atoms with van der Waals surface area (Å²) in [7, 11) is 6.06. The fourth-order valence-electron chi connectivity index (χ4n) is 1.68. The van der Waals surface area contributed by atoms with Crippen molar-refractivity contribution in [1.29, 1.82) is 0 Å². The van der Waals surface area contributed by atoms with Crippen LogP contribution in [0.4, 0.5) is 5.69 Å². The van der Waals surface area contributed by atoms with Crippen LogP contribution in [0.15, 0.2) is 36.4 Å². The van der Waals surface area contributed by atoms with Gasteiger partial charge >= 0.3 is 0 Å². The molecule has 0 spiro atoms. The van der Waals surface area contributed by atoms with Gasteiger partial charge in [-0.05, 0) is 31.7 Å². The fraction of sp³-hybridized carbons (Fsp3) is 0.385. The first kappa shape index (κ1) is 11.8. The Morgan fingerprint density at radius 2 is 2.07 bits per heavy atom. The summed E-state index contributed by atoms with van der Waals surface area (Å²) in [6.45, 7) is 6.05. The normalized spacial score (nSPS) is 12.3. The molecule has 1 rings (SSSR count). The molecule has 1 aromatic rings. The molecule has 0 aliphatic rings. The van der Waals surface area contributed by atoms with Gasteiger partial charge in [-0.2, -0.15) is 0 Å². The minimum absolute atomic E-state index is 0.241. The van der Waals surface area contributed by atoms with Gasteiger partial charge in [0.1, 0.15) is 0 Å². The zero-order valence-electron chi connectivity index (χ0n) is 10.0. The van der Waals surface area contributed by atoms with Crippen molar-refractivity contribution in [3.05, 3.63) is 42.0 Å². The number of hydrogen-bond acceptors (Lipinski definition) is 2. The number of rotatable bonds is 4. The number of hydrogen-bond donors (Lipinski definition) is 1. The summed E-state index contributed by atoms with van der Waals surface area (Å²) in [5.41, 5.74) is 3.61. The largest absolute Gasteiger partial charge is 0.378 e. The molecule has 0 aliphatic carbocycles. The Morgan fingerprint density at radius 3 is 2.53 bits per heavy atom. The molecule has 1 aromatic carbocycles. The lowest BCUT2D eigenvalue weighted by atomic mass is 10.0. The van der Waals surface area contributed by atoms with E-state index in [0.29, 0.717) is 0 Å². The first-order valence-corrected chi connectivity index (χ1v) is 5.16. The molecule has 82 valence electrons. The molecule has 0 aromatic heterocycles. The summed E-state index contributed by atoms with van der Waals surface area (Å²) in [6, 6.07) is 8.75. The minimum atomic E-state index is 0.241. The molecule has 0 saturated carbocycles. The van der Waals surface area contributed by atoms with Crippen LogP contribution in [0.25, 0.3) is 0 Å². The van der Waals surface area contributed by atoms with E-state index in [-0.39, 0.29) is 6.04 Å². The second kappa shape index (κ2) is 4.99. The highest BCUT2D eigenvalue weighted by Crippen LogP contribution is 2.23. The standard InChI is InChI=1S/C13H20N2/c1-10(2)13(14-3)11-7-6-8-12(9-11)15(4)5/h6-9,13-14H,1H2,2-5H3. The van der Waals surface area contributed by atoms with Crippen molar-refractivity contribution in [3.8, 4) is 0 Å². The Balaban J connectivity index is 3.03. The van der Waals surface area contributed by atoms with E-state index in [2.05, 4.69) is 41.1 Å². The molecule has 0 fully saturated rings. The van der Waals surface area contributed by atoms with Crippen molar-refractivity contribution in [1.82, 2.24) is 5.32 Å². The van der Waals surface area contributed by atoms with Gasteiger partial charge in [0.15, 0.2) is 0 Å². The van der Waals surface area contributed by atoms with E-state index in [0.717, 1.165) is 5.57 Å². The number of likely N-dealkylation sites (N-methyl/N-ethyl adjacent to an activating group) is 1. The molecule has 0 aliphatic heterocycles. The predicted octanol–water partition coefficient (Wildman–Crippen LogP) is 2.59. The lowest BCUT2D eigenvalue weighted by Gasteiger charge is -2.19. The molecular weight excluding hydrogens is 184 g/mol. The van der Waals surface area contributed by atoms with Crippen molar-refractivity contribution < 1.29 is 0 Å². The summed E-state index contributed by atoms with van der Waals surface area (Å²) in [6.07, 6.45) is 0. The maximum atomic E-state index is 4.00. The molecule has 0 radical (unpaired) electrons. The summed E-state index contributed by atoms with van der Waals surface area (Å²) >= 11 is 0. The van der Waals surface area contributed by atoms with Crippen LogP contribution < -0.4 is 10.2 Å². The van der Waals surface area contributed by atoms with Crippen LogP contribution in [-0.4, -0.2) is 21.1 Å². The average molecular weight is 204 g/mol. The lowest BCUT2D eigenvalue weighted by Crippen LogP contribution is -2.17. The number of anilines is 1. The van der Waals surface area contributed by atoms with Gasteiger partial charge < -0.3 is 10.2 Å². The van der Waals surface area contributed by atoms with E-state index in [1.165, 1.54) is 11.3 Å². The van der Waals surface area contributed by atoms with Gasteiger partial charge in [-0.25, -0.2) is 0 Å². The van der Waals surface area contributed by atoms with Crippen LogP contribution >= 0.6 is 0 Å². The SMILES string of the molecule is C=C(C)C(NC)c1cccc(N(C)C)c1. The Bertz CT molecular complexity index is 342. The number of nitrogens with zero attached hydrogens (tertiary/aromatic N) is 1. The van der Waals surface area contributed by atoms with Gasteiger partial charge in [0, 0.05) is 19.8 Å². The van der Waals surface area contributed by atoms with Crippen LogP contribution in [-0.2, 0) is 0 Å². The van der Waals surface area contributed by atoms with Crippen molar-refractivity contribution in [2.45, 2.75) is 13.0 Å². The van der Waals surface area contributed by atoms with Gasteiger partial charge in [-0.1, -0.05) is 24.3 Å². The van der Waals surface area contributed by atoms with Gasteiger partial charge in [-0.3, -0.25) is 0 Å². The molecule has 2 nitrogen and oxygen atoms in total. The summed E-state index contributed by atoms with van der Waals surface area (Å²) in [5.74, 6) is 0. The van der Waals surface area contributed by atoms with Crippen LogP contribution in [0.1, 0.15) is 18.5 Å². The fourth-order valence-corrected chi connectivity index (χ4v) is 1.68. The first-order chi connectivity index (χ1) is 7.06. The maximum Gasteiger partial charge on any atom is 0.0529 e. The van der Waals surface area contributed by atoms with Crippen molar-refractivity contribution in [3.63, 3.8) is 0 Å². The van der Waals surface area contributed by atoms with Crippen LogP contribution in [0.5, 0.6) is 0 Å². The van der Waals surface area contributed by atoms with Gasteiger partial charge in [0.25, 0.3) is 0 Å². The zero-order valence-corrected chi connectivity index (χ0v) is 10.0. The van der Waals surface area contributed by atoms with E-state index in [1.807, 2.05) is 28.1 Å². The molecule has 1 N–H and O–H groups in total. The van der Waals surface area contributed by atoms with Crippen molar-refractivity contribution in [2.24, 2.45) is 0 Å². The Hall–Kier alpha value is -1.28. The number of nitrogens with one attached hydrogen (secondary N) is 1. The summed E-state index contributed by atoms with van der Waals surface area (Å²) in [5, 5.41) is 3.27. The van der Waals surface area contributed by atoms with Gasteiger partial charge in [0.2, 0.25) is 0 Å². The average Bonchev–Trinajstić information content (AvgIpc) is 2.18. The predicted molar refractivity (Wildman–Crippen MR) is 67.4 cm³/mol. The quantitative estimate of drug-likeness (QED) is 0.758. The molecule has 0 saturated heterocycles. The number of benzene rings is 1. The first-order valence-electron chi connectivity index (χ1n) is 5.16. The van der Waals surface area contributed by atoms with E-state index in [4.69, 9.17) is 0 Å². The van der Waals surface area contributed by atoms with Crippen LogP contribution in [0.3, 0.4) is 0 Å². The second-order valence-corrected chi connectivity index (χ2v) is 4.06. The molecular formula is C13H20N2. The Kier molecular flexibility index (Phi) is 3.92. The summed E-state index contributed by atoms with van der Waals surface area (Å²) < 4.78 is 0. The van der Waals surface area contributed by atoms with Crippen molar-refractivity contribution in [2.75, 3.05) is 26.0 Å². The third-order valence-corrected chi connectivity index (χ3v) is 2.50.